The van der Waals surface area contributed by atoms with Crippen molar-refractivity contribution >= 4 is 5.97 Å². The zero-order valence-corrected chi connectivity index (χ0v) is 15.6. The summed E-state index contributed by atoms with van der Waals surface area (Å²) in [6.45, 7) is 2.62. The number of methoxy groups -OCH3 is 1. The number of benzene rings is 2. The van der Waals surface area contributed by atoms with Gasteiger partial charge in [-0.3, -0.25) is 4.79 Å². The number of carboxylic acids is 1. The van der Waals surface area contributed by atoms with Gasteiger partial charge in [-0.05, 0) is 36.1 Å². The quantitative estimate of drug-likeness (QED) is 0.547. The molecule has 0 spiro atoms. The van der Waals surface area contributed by atoms with E-state index in [0.717, 1.165) is 48.3 Å². The summed E-state index contributed by atoms with van der Waals surface area (Å²) in [5.41, 5.74) is 2.01. The maximum atomic E-state index is 11.3. The van der Waals surface area contributed by atoms with Gasteiger partial charge in [0.2, 0.25) is 0 Å². The second kappa shape index (κ2) is 10.5. The van der Waals surface area contributed by atoms with E-state index in [-0.39, 0.29) is 12.3 Å². The maximum absolute atomic E-state index is 11.3. The molecule has 0 aliphatic heterocycles. The Morgan fingerprint density at radius 1 is 1.12 bits per heavy atom. The van der Waals surface area contributed by atoms with E-state index in [2.05, 4.69) is 6.92 Å². The molecular weight excluding hydrogens is 328 g/mol. The minimum atomic E-state index is -0.788. The number of unbranched alkanes of at least 4 members (excludes halogenated alkanes) is 2. The molecule has 4 heteroatoms. The minimum absolute atomic E-state index is 0.0747. The average molecular weight is 356 g/mol. The van der Waals surface area contributed by atoms with Gasteiger partial charge in [0.15, 0.2) is 0 Å². The molecule has 0 amide bonds. The van der Waals surface area contributed by atoms with Crippen molar-refractivity contribution in [2.45, 2.75) is 51.6 Å². The Labute approximate surface area is 155 Å². The van der Waals surface area contributed by atoms with Gasteiger partial charge in [0.1, 0.15) is 18.1 Å². The fourth-order valence-corrected chi connectivity index (χ4v) is 3.08. The van der Waals surface area contributed by atoms with Crippen LogP contribution in [0.2, 0.25) is 0 Å². The van der Waals surface area contributed by atoms with E-state index < -0.39 is 5.97 Å². The van der Waals surface area contributed by atoms with Crippen LogP contribution in [0.15, 0.2) is 48.5 Å². The van der Waals surface area contributed by atoms with Crippen molar-refractivity contribution < 1.29 is 19.4 Å². The standard InChI is InChI=1S/C22H28O4/c1-3-4-6-11-18(14-22(23)24)20-15-19(12-13-21(20)25-2)26-16-17-9-7-5-8-10-17/h5,7-10,12-13,15,18H,3-4,6,11,14,16H2,1-2H3,(H,23,24). The highest BCUT2D eigenvalue weighted by atomic mass is 16.5. The monoisotopic (exact) mass is 356 g/mol. The van der Waals surface area contributed by atoms with Crippen LogP contribution in [-0.2, 0) is 11.4 Å². The number of aliphatic carboxylic acids is 1. The Balaban J connectivity index is 2.18. The van der Waals surface area contributed by atoms with Crippen LogP contribution >= 0.6 is 0 Å². The lowest BCUT2D eigenvalue weighted by Crippen LogP contribution is -2.08. The number of hydrogen-bond donors (Lipinski definition) is 1. The van der Waals surface area contributed by atoms with E-state index in [0.29, 0.717) is 6.61 Å². The molecule has 2 aromatic rings. The number of ether oxygens (including phenoxy) is 2. The summed E-state index contributed by atoms with van der Waals surface area (Å²) in [6, 6.07) is 15.6. The summed E-state index contributed by atoms with van der Waals surface area (Å²) in [4.78, 5) is 11.3. The van der Waals surface area contributed by atoms with E-state index >= 15 is 0 Å². The molecule has 1 N–H and O–H groups in total. The van der Waals surface area contributed by atoms with Crippen molar-refractivity contribution in [3.63, 3.8) is 0 Å². The maximum Gasteiger partial charge on any atom is 0.303 e. The minimum Gasteiger partial charge on any atom is -0.496 e. The van der Waals surface area contributed by atoms with E-state index in [9.17, 15) is 9.90 Å². The number of carboxylic acid groups (broad SMARTS) is 1. The van der Waals surface area contributed by atoms with Gasteiger partial charge in [-0.2, -0.15) is 0 Å². The topological polar surface area (TPSA) is 55.8 Å². The zero-order chi connectivity index (χ0) is 18.8. The first kappa shape index (κ1) is 19.8. The highest BCUT2D eigenvalue weighted by molar-refractivity contribution is 5.68. The van der Waals surface area contributed by atoms with E-state index in [1.807, 2.05) is 48.5 Å². The predicted molar refractivity (Wildman–Crippen MR) is 103 cm³/mol. The Bertz CT molecular complexity index is 682. The second-order valence-corrected chi connectivity index (χ2v) is 6.47. The van der Waals surface area contributed by atoms with Gasteiger partial charge < -0.3 is 14.6 Å². The van der Waals surface area contributed by atoms with Gasteiger partial charge >= 0.3 is 5.97 Å². The molecule has 1 unspecified atom stereocenters. The molecule has 2 rings (SSSR count). The van der Waals surface area contributed by atoms with Crippen LogP contribution in [0, 0.1) is 0 Å². The second-order valence-electron chi connectivity index (χ2n) is 6.47. The summed E-state index contributed by atoms with van der Waals surface area (Å²) in [5, 5.41) is 9.31. The summed E-state index contributed by atoms with van der Waals surface area (Å²) in [6.07, 6.45) is 4.15. The molecule has 0 fully saturated rings. The third-order valence-electron chi connectivity index (χ3n) is 4.47. The van der Waals surface area contributed by atoms with Gasteiger partial charge in [-0.25, -0.2) is 0 Å². The summed E-state index contributed by atoms with van der Waals surface area (Å²) < 4.78 is 11.4. The highest BCUT2D eigenvalue weighted by Gasteiger charge is 2.20. The Morgan fingerprint density at radius 3 is 2.54 bits per heavy atom. The van der Waals surface area contributed by atoms with E-state index in [1.165, 1.54) is 0 Å². The van der Waals surface area contributed by atoms with Crippen LogP contribution in [0.3, 0.4) is 0 Å². The lowest BCUT2D eigenvalue weighted by Gasteiger charge is -2.19. The van der Waals surface area contributed by atoms with Gasteiger partial charge in [-0.15, -0.1) is 0 Å². The fourth-order valence-electron chi connectivity index (χ4n) is 3.08. The van der Waals surface area contributed by atoms with Gasteiger partial charge in [0.05, 0.1) is 13.5 Å². The van der Waals surface area contributed by atoms with Gasteiger partial charge in [0.25, 0.3) is 0 Å². The molecule has 0 heterocycles. The smallest absolute Gasteiger partial charge is 0.303 e. The average Bonchev–Trinajstić information content (AvgIpc) is 2.66. The SMILES string of the molecule is CCCCCC(CC(=O)O)c1cc(OCc2ccccc2)ccc1OC. The van der Waals surface area contributed by atoms with E-state index in [1.54, 1.807) is 7.11 Å². The van der Waals surface area contributed by atoms with Gasteiger partial charge in [0, 0.05) is 5.56 Å². The fraction of sp³-hybridized carbons (Fsp3) is 0.409. The highest BCUT2D eigenvalue weighted by Crippen LogP contribution is 2.36. The number of carbonyl (C=O) groups is 1. The first-order valence-electron chi connectivity index (χ1n) is 9.20. The zero-order valence-electron chi connectivity index (χ0n) is 15.6. The summed E-state index contributed by atoms with van der Waals surface area (Å²) in [7, 11) is 1.62. The lowest BCUT2D eigenvalue weighted by molar-refractivity contribution is -0.137. The van der Waals surface area contributed by atoms with Gasteiger partial charge in [-0.1, -0.05) is 56.5 Å². The molecule has 1 atom stereocenters. The van der Waals surface area contributed by atoms with Crippen molar-refractivity contribution in [1.82, 2.24) is 0 Å². The lowest BCUT2D eigenvalue weighted by atomic mass is 9.89. The first-order chi connectivity index (χ1) is 12.6. The molecule has 0 saturated carbocycles. The molecule has 0 saturated heterocycles. The van der Waals surface area contributed by atoms with Crippen LogP contribution < -0.4 is 9.47 Å². The Kier molecular flexibility index (Phi) is 8.00. The van der Waals surface area contributed by atoms with Crippen molar-refractivity contribution in [2.75, 3.05) is 7.11 Å². The van der Waals surface area contributed by atoms with Crippen LogP contribution in [0.25, 0.3) is 0 Å². The van der Waals surface area contributed by atoms with Crippen molar-refractivity contribution in [3.05, 3.63) is 59.7 Å². The molecule has 0 aromatic heterocycles. The van der Waals surface area contributed by atoms with Crippen molar-refractivity contribution in [2.24, 2.45) is 0 Å². The van der Waals surface area contributed by atoms with Crippen LogP contribution in [0.1, 0.15) is 56.1 Å². The van der Waals surface area contributed by atoms with Crippen molar-refractivity contribution in [1.29, 1.82) is 0 Å². The van der Waals surface area contributed by atoms with E-state index in [4.69, 9.17) is 9.47 Å². The summed E-state index contributed by atoms with van der Waals surface area (Å²) in [5.74, 6) is 0.591. The summed E-state index contributed by atoms with van der Waals surface area (Å²) >= 11 is 0. The molecule has 0 radical (unpaired) electrons. The van der Waals surface area contributed by atoms with Crippen molar-refractivity contribution in [3.8, 4) is 11.5 Å². The normalized spacial score (nSPS) is 11.8. The molecule has 2 aromatic carbocycles. The third-order valence-corrected chi connectivity index (χ3v) is 4.47. The van der Waals surface area contributed by atoms with Crippen LogP contribution in [0.4, 0.5) is 0 Å². The number of rotatable bonds is 11. The molecular formula is C22H28O4. The molecule has 0 aliphatic rings. The van der Waals surface area contributed by atoms with Crippen LogP contribution in [-0.4, -0.2) is 18.2 Å². The molecule has 140 valence electrons. The molecule has 0 bridgehead atoms. The Morgan fingerprint density at radius 2 is 1.88 bits per heavy atom. The van der Waals surface area contributed by atoms with Crippen LogP contribution in [0.5, 0.6) is 11.5 Å². The third kappa shape index (κ3) is 6.10. The predicted octanol–water partition coefficient (Wildman–Crippen LogP) is 5.41. The molecule has 4 nitrogen and oxygen atoms in total. The largest absolute Gasteiger partial charge is 0.496 e. The number of hydrogen-bond acceptors (Lipinski definition) is 3. The molecule has 0 aliphatic carbocycles. The first-order valence-corrected chi connectivity index (χ1v) is 9.20. The Hall–Kier alpha value is -2.49. The molecule has 26 heavy (non-hydrogen) atoms.